The van der Waals surface area contributed by atoms with Gasteiger partial charge >= 0.3 is 0 Å². The van der Waals surface area contributed by atoms with Gasteiger partial charge in [0, 0.05) is 7.11 Å². The predicted molar refractivity (Wildman–Crippen MR) is 113 cm³/mol. The van der Waals surface area contributed by atoms with E-state index in [0.29, 0.717) is 52.1 Å². The van der Waals surface area contributed by atoms with Crippen molar-refractivity contribution in [2.75, 3.05) is 13.7 Å². The molecular weight excluding hydrogens is 409 g/mol. The van der Waals surface area contributed by atoms with Crippen LogP contribution in [0.15, 0.2) is 53.6 Å². The molecule has 0 N–H and O–H groups in total. The van der Waals surface area contributed by atoms with E-state index in [1.807, 2.05) is 24.3 Å². The molecule has 0 aliphatic heterocycles. The molecule has 0 saturated heterocycles. The molecule has 0 saturated carbocycles. The second-order valence-corrected chi connectivity index (χ2v) is 7.16. The fraction of sp³-hybridized carbons (Fsp3) is 0.143. The largest absolute Gasteiger partial charge is 0.383 e. The maximum Gasteiger partial charge on any atom is 0.265 e. The van der Waals surface area contributed by atoms with Crippen LogP contribution in [0.5, 0.6) is 0 Å². The van der Waals surface area contributed by atoms with Crippen molar-refractivity contribution in [3.05, 3.63) is 70.0 Å². The summed E-state index contributed by atoms with van der Waals surface area (Å²) in [6, 6.07) is 11.7. The van der Waals surface area contributed by atoms with Crippen LogP contribution in [-0.2, 0) is 11.3 Å². The Kier molecular flexibility index (Phi) is 4.45. The van der Waals surface area contributed by atoms with Crippen LogP contribution < -0.4 is 5.56 Å². The fourth-order valence-corrected chi connectivity index (χ4v) is 3.66. The van der Waals surface area contributed by atoms with Crippen molar-refractivity contribution >= 4 is 44.8 Å². The van der Waals surface area contributed by atoms with Crippen LogP contribution in [0.25, 0.3) is 38.9 Å². The zero-order valence-electron chi connectivity index (χ0n) is 15.8. The van der Waals surface area contributed by atoms with Crippen molar-refractivity contribution in [1.82, 2.24) is 24.1 Å². The van der Waals surface area contributed by atoms with Crippen LogP contribution in [0.1, 0.15) is 0 Å². The highest BCUT2D eigenvalue weighted by atomic mass is 35.5. The summed E-state index contributed by atoms with van der Waals surface area (Å²) >= 11 is 6.02. The summed E-state index contributed by atoms with van der Waals surface area (Å²) in [7, 11) is 1.57. The zero-order valence-corrected chi connectivity index (χ0v) is 16.6. The molecule has 0 radical (unpaired) electrons. The topological polar surface area (TPSA) is 74.8 Å². The van der Waals surface area contributed by atoms with Gasteiger partial charge in [-0.2, -0.15) is 0 Å². The Labute approximate surface area is 174 Å². The van der Waals surface area contributed by atoms with Crippen molar-refractivity contribution in [1.29, 1.82) is 0 Å². The molecule has 0 aliphatic carbocycles. The van der Waals surface area contributed by atoms with E-state index in [4.69, 9.17) is 26.3 Å². The fourth-order valence-electron chi connectivity index (χ4n) is 3.49. The Balaban J connectivity index is 1.93. The quantitative estimate of drug-likeness (QED) is 0.440. The lowest BCUT2D eigenvalue weighted by Crippen LogP contribution is -2.22. The van der Waals surface area contributed by atoms with Crippen molar-refractivity contribution in [2.45, 2.75) is 6.54 Å². The third-order valence-electron chi connectivity index (χ3n) is 4.93. The average molecular weight is 424 g/mol. The number of aromatic nitrogens is 5. The van der Waals surface area contributed by atoms with Gasteiger partial charge < -0.3 is 4.74 Å². The Morgan fingerprint density at radius 1 is 1.10 bits per heavy atom. The SMILES string of the molecule is COCCn1cnc2c(c1=O)c1nc3ccccc3nc1n2-c1ccc(F)c(Cl)c1. The molecule has 9 heteroatoms. The summed E-state index contributed by atoms with van der Waals surface area (Å²) < 4.78 is 22.0. The molecule has 0 amide bonds. The molecule has 0 atom stereocenters. The molecule has 30 heavy (non-hydrogen) atoms. The van der Waals surface area contributed by atoms with Gasteiger partial charge in [-0.1, -0.05) is 23.7 Å². The van der Waals surface area contributed by atoms with Gasteiger partial charge in [-0.25, -0.2) is 19.3 Å². The molecule has 5 rings (SSSR count). The lowest BCUT2D eigenvalue weighted by molar-refractivity contribution is 0.186. The second kappa shape index (κ2) is 7.16. The van der Waals surface area contributed by atoms with Gasteiger partial charge in [0.05, 0.1) is 34.9 Å². The monoisotopic (exact) mass is 423 g/mol. The van der Waals surface area contributed by atoms with E-state index in [1.165, 1.54) is 23.0 Å². The van der Waals surface area contributed by atoms with Gasteiger partial charge in [-0.15, -0.1) is 0 Å². The van der Waals surface area contributed by atoms with Crippen LogP contribution in [-0.4, -0.2) is 37.8 Å². The van der Waals surface area contributed by atoms with E-state index in [2.05, 4.69) is 4.98 Å². The number of hydrogen-bond donors (Lipinski definition) is 0. The Bertz CT molecular complexity index is 1490. The number of benzene rings is 2. The first-order valence-electron chi connectivity index (χ1n) is 9.19. The zero-order chi connectivity index (χ0) is 20.8. The molecule has 3 aromatic heterocycles. The highest BCUT2D eigenvalue weighted by molar-refractivity contribution is 6.31. The Morgan fingerprint density at radius 2 is 1.87 bits per heavy atom. The summed E-state index contributed by atoms with van der Waals surface area (Å²) in [5.74, 6) is -0.535. The van der Waals surface area contributed by atoms with Gasteiger partial charge in [-0.05, 0) is 30.3 Å². The van der Waals surface area contributed by atoms with E-state index < -0.39 is 5.82 Å². The number of para-hydroxylation sites is 2. The summed E-state index contributed by atoms with van der Waals surface area (Å²) in [5, 5.41) is 0.298. The van der Waals surface area contributed by atoms with Crippen molar-refractivity contribution in [3.63, 3.8) is 0 Å². The van der Waals surface area contributed by atoms with Crippen molar-refractivity contribution in [3.8, 4) is 5.69 Å². The number of halogens is 2. The maximum atomic E-state index is 13.8. The number of hydrogen-bond acceptors (Lipinski definition) is 5. The van der Waals surface area contributed by atoms with E-state index >= 15 is 0 Å². The highest BCUT2D eigenvalue weighted by Crippen LogP contribution is 2.29. The number of methoxy groups -OCH3 is 1. The van der Waals surface area contributed by atoms with E-state index in [-0.39, 0.29) is 10.6 Å². The summed E-state index contributed by atoms with van der Waals surface area (Å²) in [4.78, 5) is 27.2. The number of rotatable bonds is 4. The maximum absolute atomic E-state index is 13.8. The predicted octanol–water partition coefficient (Wildman–Crippen LogP) is 3.72. The average Bonchev–Trinajstić information content (AvgIpc) is 3.07. The first-order chi connectivity index (χ1) is 14.6. The van der Waals surface area contributed by atoms with Gasteiger partial charge in [0.1, 0.15) is 23.0 Å². The van der Waals surface area contributed by atoms with E-state index in [9.17, 15) is 9.18 Å². The van der Waals surface area contributed by atoms with Crippen molar-refractivity contribution < 1.29 is 9.13 Å². The van der Waals surface area contributed by atoms with Gasteiger partial charge in [0.2, 0.25) is 0 Å². The van der Waals surface area contributed by atoms with Gasteiger partial charge in [0.25, 0.3) is 5.56 Å². The molecule has 7 nitrogen and oxygen atoms in total. The van der Waals surface area contributed by atoms with Crippen LogP contribution in [0.4, 0.5) is 4.39 Å². The Morgan fingerprint density at radius 3 is 2.60 bits per heavy atom. The minimum Gasteiger partial charge on any atom is -0.383 e. The molecular formula is C21H15ClFN5O2. The lowest BCUT2D eigenvalue weighted by atomic mass is 10.3. The standard InChI is InChI=1S/C21H15ClFN5O2/c1-30-9-8-27-11-24-19-17(21(27)29)18-20(26-16-5-3-2-4-15(16)25-18)28(19)12-6-7-14(23)13(22)10-12/h2-7,10-11H,8-9H2,1H3. The normalized spacial score (nSPS) is 11.7. The molecule has 0 spiro atoms. The van der Waals surface area contributed by atoms with Crippen LogP contribution >= 0.6 is 11.6 Å². The molecule has 5 aromatic rings. The van der Waals surface area contributed by atoms with Crippen LogP contribution in [0, 0.1) is 5.82 Å². The van der Waals surface area contributed by atoms with Gasteiger partial charge in [-0.3, -0.25) is 13.9 Å². The van der Waals surface area contributed by atoms with Crippen LogP contribution in [0.3, 0.4) is 0 Å². The molecule has 0 fully saturated rings. The smallest absolute Gasteiger partial charge is 0.265 e. The number of ether oxygens (including phenoxy) is 1. The van der Waals surface area contributed by atoms with Crippen molar-refractivity contribution in [2.24, 2.45) is 0 Å². The lowest BCUT2D eigenvalue weighted by Gasteiger charge is -2.08. The molecule has 0 bridgehead atoms. The molecule has 0 aliphatic rings. The molecule has 2 aromatic carbocycles. The van der Waals surface area contributed by atoms with Crippen LogP contribution in [0.2, 0.25) is 5.02 Å². The van der Waals surface area contributed by atoms with Gasteiger partial charge in [0.15, 0.2) is 11.3 Å². The minimum absolute atomic E-state index is 0.0373. The number of fused-ring (bicyclic) bond motifs is 4. The summed E-state index contributed by atoms with van der Waals surface area (Å²) in [5.41, 5.74) is 2.86. The highest BCUT2D eigenvalue weighted by Gasteiger charge is 2.21. The molecule has 0 unspecified atom stereocenters. The molecule has 150 valence electrons. The first kappa shape index (κ1) is 18.7. The van der Waals surface area contributed by atoms with E-state index in [1.54, 1.807) is 17.7 Å². The Hall–Kier alpha value is -3.36. The summed E-state index contributed by atoms with van der Waals surface area (Å²) in [6.07, 6.45) is 1.46. The minimum atomic E-state index is -0.535. The molecule has 3 heterocycles. The third-order valence-corrected chi connectivity index (χ3v) is 5.22. The number of nitrogens with zero attached hydrogens (tertiary/aromatic N) is 5. The summed E-state index contributed by atoms with van der Waals surface area (Å²) in [6.45, 7) is 0.724. The van der Waals surface area contributed by atoms with E-state index in [0.717, 1.165) is 0 Å². The second-order valence-electron chi connectivity index (χ2n) is 6.75. The third kappa shape index (κ3) is 2.84. The first-order valence-corrected chi connectivity index (χ1v) is 9.57.